The Labute approximate surface area is 150 Å². The van der Waals surface area contributed by atoms with Crippen molar-refractivity contribution in [1.82, 2.24) is 20.2 Å². The molecule has 1 atom stereocenters. The molecule has 6 heteroatoms. The van der Waals surface area contributed by atoms with Crippen LogP contribution in [0, 0.1) is 0 Å². The molecule has 0 aliphatic carbocycles. The number of nitrogens with zero attached hydrogens (tertiary/aromatic N) is 2. The van der Waals surface area contributed by atoms with E-state index in [1.807, 2.05) is 44.6 Å². The summed E-state index contributed by atoms with van der Waals surface area (Å²) in [6.07, 6.45) is 3.58. The lowest BCUT2D eigenvalue weighted by Crippen LogP contribution is -2.30. The van der Waals surface area contributed by atoms with E-state index in [0.29, 0.717) is 6.54 Å². The number of rotatable bonds is 7. The van der Waals surface area contributed by atoms with Crippen LogP contribution in [0.15, 0.2) is 57.7 Å². The Morgan fingerprint density at radius 3 is 2.88 bits per heavy atom. The summed E-state index contributed by atoms with van der Waals surface area (Å²) >= 11 is 3.50. The van der Waals surface area contributed by atoms with Gasteiger partial charge in [0.2, 0.25) is 0 Å². The highest BCUT2D eigenvalue weighted by Gasteiger charge is 2.16. The standard InChI is InChI=1S/C18H21BrN4O/c1-23(2)16(17-7-4-8-24-17)11-20-12-18-21-10-15(22-18)13-5-3-6-14(19)9-13/h3-10,16,20H,11-12H2,1-2H3,(H,21,22). The Balaban J connectivity index is 1.59. The van der Waals surface area contributed by atoms with Crippen LogP contribution in [0.5, 0.6) is 0 Å². The van der Waals surface area contributed by atoms with Crippen molar-refractivity contribution in [3.63, 3.8) is 0 Å². The normalized spacial score (nSPS) is 12.7. The lowest BCUT2D eigenvalue weighted by molar-refractivity contribution is 0.250. The van der Waals surface area contributed by atoms with Crippen LogP contribution < -0.4 is 5.32 Å². The zero-order valence-electron chi connectivity index (χ0n) is 13.8. The first-order valence-electron chi connectivity index (χ1n) is 7.84. The van der Waals surface area contributed by atoms with E-state index in [4.69, 9.17) is 4.42 Å². The molecule has 0 saturated heterocycles. The van der Waals surface area contributed by atoms with Crippen molar-refractivity contribution in [3.8, 4) is 11.3 Å². The second kappa shape index (κ2) is 7.79. The van der Waals surface area contributed by atoms with Gasteiger partial charge in [-0.05, 0) is 38.4 Å². The van der Waals surface area contributed by atoms with Crippen molar-refractivity contribution in [2.75, 3.05) is 20.6 Å². The number of benzene rings is 1. The summed E-state index contributed by atoms with van der Waals surface area (Å²) in [4.78, 5) is 9.96. The molecule has 5 nitrogen and oxygen atoms in total. The first-order chi connectivity index (χ1) is 11.6. The molecule has 2 heterocycles. The fourth-order valence-corrected chi connectivity index (χ4v) is 3.00. The summed E-state index contributed by atoms with van der Waals surface area (Å²) in [5, 5.41) is 3.44. The van der Waals surface area contributed by atoms with Crippen LogP contribution in [0.1, 0.15) is 17.6 Å². The average molecular weight is 389 g/mol. The van der Waals surface area contributed by atoms with Crippen molar-refractivity contribution in [2.45, 2.75) is 12.6 Å². The van der Waals surface area contributed by atoms with Gasteiger partial charge in [-0.25, -0.2) is 4.98 Å². The highest BCUT2D eigenvalue weighted by molar-refractivity contribution is 9.10. The Hall–Kier alpha value is -1.89. The molecular formula is C18H21BrN4O. The number of aromatic amines is 1. The predicted octanol–water partition coefficient (Wildman–Crippen LogP) is 3.82. The van der Waals surface area contributed by atoms with E-state index in [2.05, 4.69) is 48.2 Å². The third-order valence-corrected chi connectivity index (χ3v) is 4.38. The number of H-pyrrole nitrogens is 1. The van der Waals surface area contributed by atoms with Gasteiger partial charge in [-0.3, -0.25) is 4.90 Å². The summed E-state index contributed by atoms with van der Waals surface area (Å²) < 4.78 is 6.58. The number of aromatic nitrogens is 2. The molecule has 0 radical (unpaired) electrons. The zero-order chi connectivity index (χ0) is 16.9. The molecule has 3 rings (SSSR count). The molecule has 3 aromatic rings. The fraction of sp³-hybridized carbons (Fsp3) is 0.278. The molecule has 24 heavy (non-hydrogen) atoms. The molecule has 1 aromatic carbocycles. The molecule has 0 aliphatic heterocycles. The second-order valence-corrected chi connectivity index (χ2v) is 6.80. The summed E-state index contributed by atoms with van der Waals surface area (Å²) in [5.41, 5.74) is 2.13. The smallest absolute Gasteiger partial charge is 0.122 e. The van der Waals surface area contributed by atoms with E-state index in [9.17, 15) is 0 Å². The molecule has 0 spiro atoms. The van der Waals surface area contributed by atoms with Crippen LogP contribution in [0.4, 0.5) is 0 Å². The van der Waals surface area contributed by atoms with Gasteiger partial charge in [0.05, 0.1) is 30.7 Å². The van der Waals surface area contributed by atoms with Gasteiger partial charge in [-0.1, -0.05) is 28.1 Å². The van der Waals surface area contributed by atoms with Gasteiger partial charge in [0.15, 0.2) is 0 Å². The number of furan rings is 1. The lowest BCUT2D eigenvalue weighted by Gasteiger charge is -2.22. The number of hydrogen-bond donors (Lipinski definition) is 2. The largest absolute Gasteiger partial charge is 0.468 e. The van der Waals surface area contributed by atoms with Gasteiger partial charge in [0.1, 0.15) is 11.6 Å². The molecule has 0 saturated carbocycles. The summed E-state index contributed by atoms with van der Waals surface area (Å²) in [6.45, 7) is 1.46. The highest BCUT2D eigenvalue weighted by atomic mass is 79.9. The molecule has 2 N–H and O–H groups in total. The van der Waals surface area contributed by atoms with Crippen molar-refractivity contribution in [2.24, 2.45) is 0 Å². The van der Waals surface area contributed by atoms with Crippen LogP contribution in [0.3, 0.4) is 0 Å². The van der Waals surface area contributed by atoms with Gasteiger partial charge >= 0.3 is 0 Å². The quantitative estimate of drug-likeness (QED) is 0.645. The van der Waals surface area contributed by atoms with Crippen molar-refractivity contribution < 1.29 is 4.42 Å². The Morgan fingerprint density at radius 1 is 1.29 bits per heavy atom. The third-order valence-electron chi connectivity index (χ3n) is 3.89. The van der Waals surface area contributed by atoms with E-state index < -0.39 is 0 Å². The molecule has 0 fully saturated rings. The minimum atomic E-state index is 0.194. The molecule has 0 amide bonds. The molecule has 0 aliphatic rings. The van der Waals surface area contributed by atoms with E-state index in [1.165, 1.54) is 0 Å². The number of imidazole rings is 1. The predicted molar refractivity (Wildman–Crippen MR) is 98.6 cm³/mol. The summed E-state index contributed by atoms with van der Waals surface area (Å²) in [7, 11) is 4.10. The molecule has 2 aromatic heterocycles. The Morgan fingerprint density at radius 2 is 2.17 bits per heavy atom. The van der Waals surface area contributed by atoms with E-state index in [0.717, 1.165) is 33.9 Å². The van der Waals surface area contributed by atoms with Crippen LogP contribution in [0.2, 0.25) is 0 Å². The first-order valence-corrected chi connectivity index (χ1v) is 8.63. The average Bonchev–Trinajstić information content (AvgIpc) is 3.23. The van der Waals surface area contributed by atoms with Crippen molar-refractivity contribution >= 4 is 15.9 Å². The maximum absolute atomic E-state index is 5.52. The second-order valence-electron chi connectivity index (χ2n) is 5.88. The summed E-state index contributed by atoms with van der Waals surface area (Å²) in [6, 6.07) is 12.3. The molecular weight excluding hydrogens is 368 g/mol. The van der Waals surface area contributed by atoms with E-state index >= 15 is 0 Å². The van der Waals surface area contributed by atoms with Crippen LogP contribution in [0.25, 0.3) is 11.3 Å². The molecule has 0 bridgehead atoms. The number of hydrogen-bond acceptors (Lipinski definition) is 4. The van der Waals surface area contributed by atoms with Gasteiger partial charge in [0, 0.05) is 16.6 Å². The fourth-order valence-electron chi connectivity index (χ4n) is 2.60. The van der Waals surface area contributed by atoms with Gasteiger partial charge in [-0.2, -0.15) is 0 Å². The SMILES string of the molecule is CN(C)C(CNCc1ncc(-c2cccc(Br)c2)[nH]1)c1ccco1. The van der Waals surface area contributed by atoms with Crippen molar-refractivity contribution in [1.29, 1.82) is 0 Å². The highest BCUT2D eigenvalue weighted by Crippen LogP contribution is 2.21. The minimum Gasteiger partial charge on any atom is -0.468 e. The maximum atomic E-state index is 5.52. The maximum Gasteiger partial charge on any atom is 0.122 e. The number of likely N-dealkylation sites (N-methyl/N-ethyl adjacent to an activating group) is 1. The van der Waals surface area contributed by atoms with E-state index in [-0.39, 0.29) is 6.04 Å². The first kappa shape index (κ1) is 17.0. The van der Waals surface area contributed by atoms with Gasteiger partial charge in [0.25, 0.3) is 0 Å². The zero-order valence-corrected chi connectivity index (χ0v) is 15.4. The minimum absolute atomic E-state index is 0.194. The monoisotopic (exact) mass is 388 g/mol. The summed E-state index contributed by atoms with van der Waals surface area (Å²) in [5.74, 6) is 1.88. The van der Waals surface area contributed by atoms with Crippen molar-refractivity contribution in [3.05, 3.63) is 64.9 Å². The Kier molecular flexibility index (Phi) is 5.50. The van der Waals surface area contributed by atoms with Crippen LogP contribution >= 0.6 is 15.9 Å². The van der Waals surface area contributed by atoms with Crippen LogP contribution in [-0.4, -0.2) is 35.5 Å². The topological polar surface area (TPSA) is 57.1 Å². The van der Waals surface area contributed by atoms with Gasteiger partial charge < -0.3 is 14.7 Å². The number of nitrogens with one attached hydrogen (secondary N) is 2. The molecule has 126 valence electrons. The molecule has 1 unspecified atom stereocenters. The number of halogens is 1. The van der Waals surface area contributed by atoms with Crippen LogP contribution in [-0.2, 0) is 6.54 Å². The van der Waals surface area contributed by atoms with E-state index in [1.54, 1.807) is 6.26 Å². The lowest BCUT2D eigenvalue weighted by atomic mass is 10.2. The third kappa shape index (κ3) is 4.14. The Bertz CT molecular complexity index is 767. The van der Waals surface area contributed by atoms with Gasteiger partial charge in [-0.15, -0.1) is 0 Å².